The van der Waals surface area contributed by atoms with Crippen molar-refractivity contribution in [2.75, 3.05) is 39.6 Å². The van der Waals surface area contributed by atoms with E-state index < -0.39 is 97.5 Å². The molecule has 3 N–H and O–H groups in total. The van der Waals surface area contributed by atoms with Gasteiger partial charge in [0.05, 0.1) is 26.4 Å². The maximum absolute atomic E-state index is 13.0. The van der Waals surface area contributed by atoms with Crippen LogP contribution in [-0.4, -0.2) is 96.7 Å². The third-order valence-electron chi connectivity index (χ3n) is 16.6. The lowest BCUT2D eigenvalue weighted by Crippen LogP contribution is -2.30. The monoisotopic (exact) mass is 1300 g/mol. The Hall–Kier alpha value is -1.94. The lowest BCUT2D eigenvalue weighted by Gasteiger charge is -2.21. The van der Waals surface area contributed by atoms with Gasteiger partial charge in [0.25, 0.3) is 0 Å². The number of ether oxygens (including phenoxy) is 4. The molecular formula is C69H134O17P2. The fraction of sp³-hybridized carbons (Fsp3) is 0.942. The van der Waals surface area contributed by atoms with Crippen LogP contribution in [0.25, 0.3) is 0 Å². The van der Waals surface area contributed by atoms with E-state index in [0.29, 0.717) is 31.6 Å². The molecule has 0 aromatic heterocycles. The highest BCUT2D eigenvalue weighted by Crippen LogP contribution is 2.45. The van der Waals surface area contributed by atoms with Crippen LogP contribution in [-0.2, 0) is 65.4 Å². The van der Waals surface area contributed by atoms with E-state index in [-0.39, 0.29) is 25.7 Å². The van der Waals surface area contributed by atoms with Gasteiger partial charge in [0.15, 0.2) is 12.2 Å². The van der Waals surface area contributed by atoms with E-state index >= 15 is 0 Å². The molecule has 0 aliphatic carbocycles. The Morgan fingerprint density at radius 2 is 0.580 bits per heavy atom. The Labute approximate surface area is 537 Å². The maximum Gasteiger partial charge on any atom is 0.472 e. The molecule has 0 aliphatic heterocycles. The molecule has 0 saturated heterocycles. The summed E-state index contributed by atoms with van der Waals surface area (Å²) >= 11 is 0. The molecule has 0 heterocycles. The number of carbonyl (C=O) groups excluding carboxylic acids is 4. The molecule has 88 heavy (non-hydrogen) atoms. The Morgan fingerprint density at radius 1 is 0.330 bits per heavy atom. The van der Waals surface area contributed by atoms with E-state index in [1.54, 1.807) is 0 Å². The Balaban J connectivity index is 5.09. The fourth-order valence-corrected chi connectivity index (χ4v) is 11.9. The molecule has 0 aromatic rings. The number of unbranched alkanes of at least 4 members (excludes halogenated alkanes) is 33. The molecule has 7 atom stereocenters. The van der Waals surface area contributed by atoms with Gasteiger partial charge in [0.1, 0.15) is 19.3 Å². The summed E-state index contributed by atoms with van der Waals surface area (Å²) in [7, 11) is -9.89. The fourth-order valence-electron chi connectivity index (χ4n) is 10.3. The summed E-state index contributed by atoms with van der Waals surface area (Å²) in [5, 5.41) is 10.5. The van der Waals surface area contributed by atoms with Crippen LogP contribution < -0.4 is 0 Å². The number of aliphatic hydroxyl groups excluding tert-OH is 1. The topological polar surface area (TPSA) is 237 Å². The molecule has 0 rings (SSSR count). The van der Waals surface area contributed by atoms with Crippen molar-refractivity contribution in [1.29, 1.82) is 0 Å². The second-order valence-corrected chi connectivity index (χ2v) is 28.8. The quantitative estimate of drug-likeness (QED) is 0.0222. The van der Waals surface area contributed by atoms with E-state index in [2.05, 4.69) is 48.5 Å². The van der Waals surface area contributed by atoms with Crippen molar-refractivity contribution in [3.8, 4) is 0 Å². The van der Waals surface area contributed by atoms with Crippen molar-refractivity contribution in [3.05, 3.63) is 0 Å². The van der Waals surface area contributed by atoms with E-state index in [0.717, 1.165) is 108 Å². The number of aliphatic hydroxyl groups is 1. The van der Waals surface area contributed by atoms with Crippen molar-refractivity contribution in [2.24, 2.45) is 17.8 Å². The van der Waals surface area contributed by atoms with Gasteiger partial charge in [-0.2, -0.15) is 0 Å². The minimum Gasteiger partial charge on any atom is -0.462 e. The molecule has 0 spiro atoms. The summed E-state index contributed by atoms with van der Waals surface area (Å²) in [5.74, 6) is 0.173. The molecule has 0 aromatic carbocycles. The summed E-state index contributed by atoms with van der Waals surface area (Å²) < 4.78 is 67.9. The van der Waals surface area contributed by atoms with Crippen molar-refractivity contribution in [1.82, 2.24) is 0 Å². The summed E-state index contributed by atoms with van der Waals surface area (Å²) in [6.45, 7) is 11.7. The van der Waals surface area contributed by atoms with Crippen LogP contribution in [0.2, 0.25) is 0 Å². The Morgan fingerprint density at radius 3 is 0.864 bits per heavy atom. The molecule has 522 valence electrons. The number of esters is 4. The number of hydrogen-bond acceptors (Lipinski definition) is 15. The zero-order valence-electron chi connectivity index (χ0n) is 57.2. The second kappa shape index (κ2) is 60.0. The zero-order chi connectivity index (χ0) is 65.2. The van der Waals surface area contributed by atoms with Gasteiger partial charge >= 0.3 is 39.5 Å². The van der Waals surface area contributed by atoms with Crippen LogP contribution in [0, 0.1) is 17.8 Å². The van der Waals surface area contributed by atoms with Gasteiger partial charge in [-0.05, 0) is 43.4 Å². The van der Waals surface area contributed by atoms with Gasteiger partial charge < -0.3 is 33.8 Å². The summed E-state index contributed by atoms with van der Waals surface area (Å²) in [5.41, 5.74) is 0. The number of phosphoric ester groups is 2. The predicted molar refractivity (Wildman–Crippen MR) is 354 cm³/mol. The Bertz CT molecular complexity index is 1740. The van der Waals surface area contributed by atoms with Crippen molar-refractivity contribution >= 4 is 39.5 Å². The average molecular weight is 1300 g/mol. The average Bonchev–Trinajstić information content (AvgIpc) is 3.63. The molecule has 0 aliphatic rings. The molecule has 4 unspecified atom stereocenters. The lowest BCUT2D eigenvalue weighted by atomic mass is 9.99. The number of phosphoric acid groups is 2. The van der Waals surface area contributed by atoms with E-state index in [4.69, 9.17) is 37.0 Å². The van der Waals surface area contributed by atoms with Crippen molar-refractivity contribution < 1.29 is 80.2 Å². The first-order valence-corrected chi connectivity index (χ1v) is 38.9. The van der Waals surface area contributed by atoms with Crippen LogP contribution in [0.1, 0.15) is 344 Å². The zero-order valence-corrected chi connectivity index (χ0v) is 59.0. The highest BCUT2D eigenvalue weighted by Gasteiger charge is 2.30. The van der Waals surface area contributed by atoms with Crippen LogP contribution >= 0.6 is 15.6 Å². The molecular weight excluding hydrogens is 1160 g/mol. The predicted octanol–water partition coefficient (Wildman–Crippen LogP) is 19.5. The molecule has 17 nitrogen and oxygen atoms in total. The second-order valence-electron chi connectivity index (χ2n) is 25.9. The van der Waals surface area contributed by atoms with Crippen molar-refractivity contribution in [3.63, 3.8) is 0 Å². The maximum atomic E-state index is 13.0. The van der Waals surface area contributed by atoms with Gasteiger partial charge in [0.2, 0.25) is 0 Å². The molecule has 19 heteroatoms. The van der Waals surface area contributed by atoms with Gasteiger partial charge in [-0.15, -0.1) is 0 Å². The summed E-state index contributed by atoms with van der Waals surface area (Å²) in [4.78, 5) is 72.1. The number of rotatable bonds is 67. The van der Waals surface area contributed by atoms with E-state index in [1.165, 1.54) is 148 Å². The normalized spacial score (nSPS) is 14.9. The summed E-state index contributed by atoms with van der Waals surface area (Å²) in [6, 6.07) is 0. The van der Waals surface area contributed by atoms with Crippen LogP contribution in [0.4, 0.5) is 0 Å². The minimum absolute atomic E-state index is 0.101. The lowest BCUT2D eigenvalue weighted by molar-refractivity contribution is -0.161. The third kappa shape index (κ3) is 60.3. The highest BCUT2D eigenvalue weighted by molar-refractivity contribution is 7.47. The molecule has 0 radical (unpaired) electrons. The molecule has 0 amide bonds. The molecule has 0 saturated carbocycles. The van der Waals surface area contributed by atoms with Gasteiger partial charge in [-0.25, -0.2) is 9.13 Å². The third-order valence-corrected chi connectivity index (χ3v) is 18.5. The Kier molecular flexibility index (Phi) is 58.7. The minimum atomic E-state index is -4.95. The van der Waals surface area contributed by atoms with Gasteiger partial charge in [-0.1, -0.05) is 292 Å². The van der Waals surface area contributed by atoms with Crippen LogP contribution in [0.3, 0.4) is 0 Å². The van der Waals surface area contributed by atoms with E-state index in [9.17, 15) is 43.2 Å². The smallest absolute Gasteiger partial charge is 0.462 e. The largest absolute Gasteiger partial charge is 0.472 e. The van der Waals surface area contributed by atoms with Gasteiger partial charge in [0, 0.05) is 25.7 Å². The molecule has 0 bridgehead atoms. The van der Waals surface area contributed by atoms with Crippen LogP contribution in [0.15, 0.2) is 0 Å². The summed E-state index contributed by atoms with van der Waals surface area (Å²) in [6.07, 6.45) is 43.7. The van der Waals surface area contributed by atoms with Crippen LogP contribution in [0.5, 0.6) is 0 Å². The van der Waals surface area contributed by atoms with E-state index in [1.807, 2.05) is 0 Å². The van der Waals surface area contributed by atoms with Crippen molar-refractivity contribution in [2.45, 2.75) is 362 Å². The number of carbonyl (C=O) groups is 4. The SMILES string of the molecule is CCCCCCCC(=O)OC[C@H](COP(=O)(O)OC[C@H](O)COP(=O)(O)OC[C@@H](COC(=O)CCCCCCCCCCC(C)CC)OC(=O)CCCCCCCCCCCCCCCCCCCCC(C)CC)OC(=O)CCCCCCCCC(C)C. The first-order valence-electron chi connectivity index (χ1n) is 35.9. The standard InChI is InChI=1S/C69H134O17P2/c1-8-11-12-33-43-50-66(71)79-56-64(86-69(74)53-46-39-32-31-34-40-47-60(4)5)58-83-87(75,76)81-54-63(70)55-82-88(77,78)84-59-65(57-80-67(72)51-44-37-29-26-25-28-36-42-49-62(7)10-3)85-68(73)52-45-38-30-24-22-20-18-16-14-13-15-17-19-21-23-27-35-41-48-61(6)9-2/h60-65,70H,8-59H2,1-7H3,(H,75,76)(H,77,78)/t61?,62?,63-,64+,65+/m0/s1. The highest BCUT2D eigenvalue weighted by atomic mass is 31.2. The van der Waals surface area contributed by atoms with Gasteiger partial charge in [-0.3, -0.25) is 37.3 Å². The molecule has 0 fully saturated rings. The first-order chi connectivity index (χ1) is 42.3. The first kappa shape index (κ1) is 86.1. The number of hydrogen-bond donors (Lipinski definition) is 3.